The lowest BCUT2D eigenvalue weighted by molar-refractivity contribution is 0.127. The van der Waals surface area contributed by atoms with Crippen LogP contribution in [0.15, 0.2) is 48.1 Å². The van der Waals surface area contributed by atoms with Gasteiger partial charge in [0.25, 0.3) is 0 Å². The summed E-state index contributed by atoms with van der Waals surface area (Å²) >= 11 is 0. The van der Waals surface area contributed by atoms with E-state index in [1.165, 1.54) is 5.57 Å². The van der Waals surface area contributed by atoms with Crippen molar-refractivity contribution in [1.82, 2.24) is 0 Å². The van der Waals surface area contributed by atoms with Crippen molar-refractivity contribution in [2.75, 3.05) is 13.2 Å². The summed E-state index contributed by atoms with van der Waals surface area (Å²) in [6.07, 6.45) is 17.0. The Kier molecular flexibility index (Phi) is 13.4. The van der Waals surface area contributed by atoms with Gasteiger partial charge in [-0.15, -0.1) is 4.52 Å². The van der Waals surface area contributed by atoms with E-state index in [0.29, 0.717) is 6.42 Å². The molecule has 5 heteroatoms. The molecule has 0 aromatic carbocycles. The minimum absolute atomic E-state index is 0.105. The van der Waals surface area contributed by atoms with Crippen LogP contribution in [-0.2, 0) is 9.05 Å². The second-order valence-electron chi connectivity index (χ2n) is 4.73. The van der Waals surface area contributed by atoms with Crippen molar-refractivity contribution in [3.63, 3.8) is 0 Å². The molecule has 2 N–H and O–H groups in total. The van der Waals surface area contributed by atoms with Crippen LogP contribution in [0.1, 0.15) is 46.5 Å². The van der Waals surface area contributed by atoms with Crippen LogP contribution in [-0.4, -0.2) is 23.0 Å². The smallest absolute Gasteiger partial charge is 0.168 e. The SMILES string of the molecule is C\C=C/C=C\C=C\CO[P+](O)(O)OCC/C(=C/CC)CCC. The zero-order valence-corrected chi connectivity index (χ0v) is 14.8. The molecular weight excluding hydrogens is 299 g/mol. The molecule has 0 bridgehead atoms. The second kappa shape index (κ2) is 13.9. The quantitative estimate of drug-likeness (QED) is 0.304. The van der Waals surface area contributed by atoms with Crippen LogP contribution >= 0.6 is 8.17 Å². The maximum absolute atomic E-state index is 9.67. The van der Waals surface area contributed by atoms with E-state index in [1.54, 1.807) is 12.2 Å². The molecule has 0 radical (unpaired) electrons. The number of hydrogen-bond donors (Lipinski definition) is 2. The molecular formula is C17H30O4P+. The Morgan fingerprint density at radius 1 is 1.00 bits per heavy atom. The lowest BCUT2D eigenvalue weighted by atomic mass is 10.1. The fraction of sp³-hybridized carbons (Fsp3) is 0.529. The van der Waals surface area contributed by atoms with E-state index >= 15 is 0 Å². The van der Waals surface area contributed by atoms with Gasteiger partial charge in [-0.25, -0.2) is 0 Å². The molecule has 0 fully saturated rings. The van der Waals surface area contributed by atoms with Gasteiger partial charge >= 0.3 is 8.17 Å². The van der Waals surface area contributed by atoms with E-state index in [0.717, 1.165) is 19.3 Å². The molecule has 22 heavy (non-hydrogen) atoms. The largest absolute Gasteiger partial charge is 0.570 e. The second-order valence-corrected chi connectivity index (χ2v) is 6.23. The Morgan fingerprint density at radius 3 is 2.36 bits per heavy atom. The van der Waals surface area contributed by atoms with Gasteiger partial charge in [0, 0.05) is 0 Å². The zero-order chi connectivity index (χ0) is 16.7. The zero-order valence-electron chi connectivity index (χ0n) is 13.9. The molecule has 0 saturated heterocycles. The first-order valence-corrected chi connectivity index (χ1v) is 9.34. The highest BCUT2D eigenvalue weighted by atomic mass is 31.2. The molecule has 0 unspecified atom stereocenters. The molecule has 0 heterocycles. The standard InChI is InChI=1S/C17H30O4P/c1-4-7-8-9-10-11-15-20-22(18,19)21-16-14-17(12-5-2)13-6-3/h4,7-12,18-19H,5-6,13-16H2,1-3H3/q+1/b7-4-,9-8-,11-10+,17-12+. The van der Waals surface area contributed by atoms with Gasteiger partial charge in [0.05, 0.1) is 0 Å². The first-order chi connectivity index (χ1) is 10.6. The third kappa shape index (κ3) is 12.9. The molecule has 0 aliphatic carbocycles. The average Bonchev–Trinajstić information content (AvgIpc) is 2.46. The summed E-state index contributed by atoms with van der Waals surface area (Å²) in [6, 6.07) is 0. The monoisotopic (exact) mass is 329 g/mol. The topological polar surface area (TPSA) is 58.9 Å². The minimum atomic E-state index is -3.71. The van der Waals surface area contributed by atoms with Crippen molar-refractivity contribution in [1.29, 1.82) is 0 Å². The molecule has 0 rings (SSSR count). The van der Waals surface area contributed by atoms with E-state index in [-0.39, 0.29) is 13.2 Å². The van der Waals surface area contributed by atoms with Crippen molar-refractivity contribution < 1.29 is 18.8 Å². The van der Waals surface area contributed by atoms with Crippen molar-refractivity contribution >= 4 is 8.17 Å². The fourth-order valence-corrected chi connectivity index (χ4v) is 2.47. The third-order valence-corrected chi connectivity index (χ3v) is 3.75. The predicted molar refractivity (Wildman–Crippen MR) is 94.3 cm³/mol. The highest BCUT2D eigenvalue weighted by molar-refractivity contribution is 7.54. The van der Waals surface area contributed by atoms with Crippen LogP contribution in [0.5, 0.6) is 0 Å². The Labute approximate surface area is 135 Å². The van der Waals surface area contributed by atoms with E-state index in [4.69, 9.17) is 9.05 Å². The van der Waals surface area contributed by atoms with Crippen molar-refractivity contribution in [3.05, 3.63) is 48.1 Å². The molecule has 0 aliphatic heterocycles. The summed E-state index contributed by atoms with van der Waals surface area (Å²) in [5.74, 6) is 0. The molecule has 0 atom stereocenters. The molecule has 126 valence electrons. The van der Waals surface area contributed by atoms with Gasteiger partial charge in [0.1, 0.15) is 13.2 Å². The van der Waals surface area contributed by atoms with E-state index in [2.05, 4.69) is 19.9 Å². The van der Waals surface area contributed by atoms with E-state index in [1.807, 2.05) is 31.2 Å². The summed E-state index contributed by atoms with van der Waals surface area (Å²) in [5.41, 5.74) is 1.29. The molecule has 0 aromatic rings. The lowest BCUT2D eigenvalue weighted by Gasteiger charge is -2.09. The van der Waals surface area contributed by atoms with Gasteiger partial charge in [0.2, 0.25) is 0 Å². The maximum atomic E-state index is 9.67. The van der Waals surface area contributed by atoms with E-state index < -0.39 is 8.17 Å². The van der Waals surface area contributed by atoms with Crippen LogP contribution in [0.3, 0.4) is 0 Å². The summed E-state index contributed by atoms with van der Waals surface area (Å²) in [6.45, 7) is 6.52. The number of hydrogen-bond acceptors (Lipinski definition) is 4. The molecule has 0 saturated carbocycles. The highest BCUT2D eigenvalue weighted by Gasteiger charge is 2.38. The van der Waals surface area contributed by atoms with Crippen LogP contribution in [0.2, 0.25) is 0 Å². The molecule has 0 spiro atoms. The van der Waals surface area contributed by atoms with Gasteiger partial charge < -0.3 is 0 Å². The van der Waals surface area contributed by atoms with Crippen LogP contribution in [0.4, 0.5) is 0 Å². The first kappa shape index (κ1) is 21.2. The Bertz CT molecular complexity index is 384. The Balaban J connectivity index is 4.01. The maximum Gasteiger partial charge on any atom is 0.570 e. The van der Waals surface area contributed by atoms with Crippen molar-refractivity contribution in [2.24, 2.45) is 0 Å². The minimum Gasteiger partial charge on any atom is -0.168 e. The summed E-state index contributed by atoms with van der Waals surface area (Å²) in [5, 5.41) is 0. The van der Waals surface area contributed by atoms with Crippen LogP contribution < -0.4 is 0 Å². The van der Waals surface area contributed by atoms with Gasteiger partial charge in [-0.05, 0) is 26.2 Å². The molecule has 0 aliphatic rings. The summed E-state index contributed by atoms with van der Waals surface area (Å²) < 4.78 is 10.1. The molecule has 4 nitrogen and oxygen atoms in total. The van der Waals surface area contributed by atoms with Gasteiger partial charge in [-0.3, -0.25) is 0 Å². The normalized spacial score (nSPS) is 14.0. The van der Waals surface area contributed by atoms with Gasteiger partial charge in [-0.2, -0.15) is 14.3 Å². The van der Waals surface area contributed by atoms with Crippen molar-refractivity contribution in [2.45, 2.75) is 46.5 Å². The first-order valence-electron chi connectivity index (χ1n) is 7.81. The number of rotatable bonds is 12. The Hall–Kier alpha value is -0.770. The van der Waals surface area contributed by atoms with Gasteiger partial charge in [-0.1, -0.05) is 68.4 Å². The highest BCUT2D eigenvalue weighted by Crippen LogP contribution is 2.52. The fourth-order valence-electron chi connectivity index (χ4n) is 1.79. The van der Waals surface area contributed by atoms with Crippen LogP contribution in [0.25, 0.3) is 0 Å². The third-order valence-electron chi connectivity index (χ3n) is 2.75. The Morgan fingerprint density at radius 2 is 1.73 bits per heavy atom. The number of allylic oxidation sites excluding steroid dienone is 6. The lowest BCUT2D eigenvalue weighted by Crippen LogP contribution is -2.04. The summed E-state index contributed by atoms with van der Waals surface area (Å²) in [4.78, 5) is 19.3. The van der Waals surface area contributed by atoms with Gasteiger partial charge in [0.15, 0.2) is 0 Å². The average molecular weight is 329 g/mol. The molecule has 0 amide bonds. The van der Waals surface area contributed by atoms with E-state index in [9.17, 15) is 9.79 Å². The summed E-state index contributed by atoms with van der Waals surface area (Å²) in [7, 11) is -3.71. The van der Waals surface area contributed by atoms with Crippen LogP contribution in [0, 0.1) is 0 Å². The molecule has 0 aromatic heterocycles. The van der Waals surface area contributed by atoms with Crippen molar-refractivity contribution in [3.8, 4) is 0 Å². The predicted octanol–water partition coefficient (Wildman–Crippen LogP) is 4.90.